The van der Waals surface area contributed by atoms with E-state index in [4.69, 9.17) is 6.92 Å². The molecule has 2 radical (unpaired) electrons. The molecule has 0 saturated heterocycles. The molecule has 1 rings (SSSR count). The van der Waals surface area contributed by atoms with Crippen molar-refractivity contribution in [3.05, 3.63) is 24.6 Å². The van der Waals surface area contributed by atoms with E-state index in [0.29, 0.717) is 0 Å². The molecule has 0 fully saturated rings. The Morgan fingerprint density at radius 2 is 2.38 bits per heavy atom. The quantitative estimate of drug-likeness (QED) is 0.480. The maximum absolute atomic E-state index is 5.50. The van der Waals surface area contributed by atoms with Crippen LogP contribution >= 0.6 is 0 Å². The van der Waals surface area contributed by atoms with Crippen LogP contribution in [0.3, 0.4) is 0 Å². The molecule has 42 valence electrons. The van der Waals surface area contributed by atoms with E-state index in [-0.39, 0.29) is 0 Å². The molecule has 1 aromatic rings. The van der Waals surface area contributed by atoms with Crippen molar-refractivity contribution in [2.24, 2.45) is 7.05 Å². The van der Waals surface area contributed by atoms with Gasteiger partial charge in [-0.3, -0.25) is 0 Å². The van der Waals surface area contributed by atoms with Gasteiger partial charge in [-0.15, -0.1) is 0 Å². The second kappa shape index (κ2) is 1.62. The van der Waals surface area contributed by atoms with Crippen molar-refractivity contribution < 1.29 is 0 Å². The molecule has 0 atom stereocenters. The molecule has 0 aliphatic rings. The fourth-order valence-electron chi connectivity index (χ4n) is 0.557. The summed E-state index contributed by atoms with van der Waals surface area (Å²) in [6.45, 7) is 7.39. The Hall–Kier alpha value is -0.790. The van der Waals surface area contributed by atoms with Crippen LogP contribution in [0.25, 0.3) is 0 Å². The van der Waals surface area contributed by atoms with E-state index in [9.17, 15) is 0 Å². The van der Waals surface area contributed by atoms with Crippen LogP contribution in [0.4, 0.5) is 0 Å². The van der Waals surface area contributed by atoms with Crippen LogP contribution in [-0.2, 0) is 7.05 Å². The first-order valence-electron chi connectivity index (χ1n) is 2.45. The third-order valence-electron chi connectivity index (χ3n) is 1.18. The van der Waals surface area contributed by atoms with E-state index >= 15 is 0 Å². The zero-order chi connectivity index (χ0) is 6.15. The molecule has 0 unspecified atom stereocenters. The van der Waals surface area contributed by atoms with Gasteiger partial charge in [0.2, 0.25) is 0 Å². The SMILES string of the molecule is [CH]c1c(C)ncn1C. The number of aryl methyl sites for hydroxylation is 2. The molecule has 0 saturated carbocycles. The lowest BCUT2D eigenvalue weighted by atomic mass is 10.4. The van der Waals surface area contributed by atoms with Gasteiger partial charge < -0.3 is 4.57 Å². The number of imidazole rings is 1. The second-order valence-electron chi connectivity index (χ2n) is 1.83. The average molecular weight is 108 g/mol. The first-order valence-corrected chi connectivity index (χ1v) is 2.45. The van der Waals surface area contributed by atoms with Gasteiger partial charge in [0.1, 0.15) is 0 Å². The maximum Gasteiger partial charge on any atom is 0.0948 e. The number of hydrogen-bond acceptors (Lipinski definition) is 1. The Labute approximate surface area is 49.2 Å². The highest BCUT2D eigenvalue weighted by atomic mass is 15.0. The van der Waals surface area contributed by atoms with Crippen molar-refractivity contribution >= 4 is 0 Å². The summed E-state index contributed by atoms with van der Waals surface area (Å²) in [5.41, 5.74) is 1.64. The van der Waals surface area contributed by atoms with E-state index in [1.807, 2.05) is 14.0 Å². The van der Waals surface area contributed by atoms with Gasteiger partial charge in [0.25, 0.3) is 0 Å². The van der Waals surface area contributed by atoms with Crippen LogP contribution in [0.15, 0.2) is 6.33 Å². The Bertz CT molecular complexity index is 169. The van der Waals surface area contributed by atoms with Crippen LogP contribution in [-0.4, -0.2) is 9.55 Å². The summed E-state index contributed by atoms with van der Waals surface area (Å²) >= 11 is 0. The molecule has 0 aromatic carbocycles. The normalized spacial score (nSPS) is 9.88. The third kappa shape index (κ3) is 0.619. The summed E-state index contributed by atoms with van der Waals surface area (Å²) < 4.78 is 1.79. The minimum absolute atomic E-state index is 0.741. The lowest BCUT2D eigenvalue weighted by molar-refractivity contribution is 0.892. The molecule has 0 aliphatic carbocycles. The van der Waals surface area contributed by atoms with Gasteiger partial charge in [-0.05, 0) is 6.92 Å². The van der Waals surface area contributed by atoms with Gasteiger partial charge in [-0.1, -0.05) is 0 Å². The molecule has 2 heteroatoms. The van der Waals surface area contributed by atoms with E-state index in [2.05, 4.69) is 4.98 Å². The molecule has 1 aromatic heterocycles. The minimum Gasteiger partial charge on any atom is -0.337 e. The molecular weight excluding hydrogens is 100 g/mol. The van der Waals surface area contributed by atoms with Gasteiger partial charge in [0.05, 0.1) is 12.0 Å². The molecule has 1 heterocycles. The summed E-state index contributed by atoms with van der Waals surface area (Å²) in [5.74, 6) is 0. The molecular formula is C6H8N2. The maximum atomic E-state index is 5.50. The summed E-state index contributed by atoms with van der Waals surface area (Å²) in [5, 5.41) is 0. The lowest BCUT2D eigenvalue weighted by Gasteiger charge is -1.90. The van der Waals surface area contributed by atoms with Crippen LogP contribution in [0.2, 0.25) is 0 Å². The highest BCUT2D eigenvalue weighted by molar-refractivity contribution is 5.13. The van der Waals surface area contributed by atoms with Crippen LogP contribution in [0.1, 0.15) is 11.4 Å². The highest BCUT2D eigenvalue weighted by Gasteiger charge is 1.94. The molecule has 0 spiro atoms. The van der Waals surface area contributed by atoms with Crippen LogP contribution in [0.5, 0.6) is 0 Å². The lowest BCUT2D eigenvalue weighted by Crippen LogP contribution is -1.87. The Kier molecular flexibility index (Phi) is 1.08. The second-order valence-corrected chi connectivity index (χ2v) is 1.83. The van der Waals surface area contributed by atoms with E-state index in [1.54, 1.807) is 10.9 Å². The van der Waals surface area contributed by atoms with Crippen LogP contribution < -0.4 is 0 Å². The molecule has 2 nitrogen and oxygen atoms in total. The van der Waals surface area contributed by atoms with Gasteiger partial charge in [-0.2, -0.15) is 0 Å². The highest BCUT2D eigenvalue weighted by Crippen LogP contribution is 1.99. The van der Waals surface area contributed by atoms with Crippen molar-refractivity contribution in [2.75, 3.05) is 0 Å². The fraction of sp³-hybridized carbons (Fsp3) is 0.333. The molecule has 0 amide bonds. The number of nitrogens with zero attached hydrogens (tertiary/aromatic N) is 2. The number of rotatable bonds is 0. The predicted molar refractivity (Wildman–Crippen MR) is 31.3 cm³/mol. The summed E-state index contributed by atoms with van der Waals surface area (Å²) in [6.07, 6.45) is 1.70. The summed E-state index contributed by atoms with van der Waals surface area (Å²) in [4.78, 5) is 3.95. The largest absolute Gasteiger partial charge is 0.337 e. The van der Waals surface area contributed by atoms with Crippen molar-refractivity contribution in [3.8, 4) is 0 Å². The van der Waals surface area contributed by atoms with Crippen molar-refractivity contribution in [1.82, 2.24) is 9.55 Å². The van der Waals surface area contributed by atoms with Crippen molar-refractivity contribution in [1.29, 1.82) is 0 Å². The van der Waals surface area contributed by atoms with E-state index in [0.717, 1.165) is 11.4 Å². The first kappa shape index (κ1) is 5.35. The molecule has 0 N–H and O–H groups in total. The standard InChI is InChI=1S/C6H8N2/c1-5-6(2)8(3)4-7-5/h2,4H,1,3H3. The van der Waals surface area contributed by atoms with Crippen LogP contribution in [0, 0.1) is 13.8 Å². The molecule has 0 aliphatic heterocycles. The Morgan fingerprint density at radius 1 is 1.75 bits per heavy atom. The van der Waals surface area contributed by atoms with Crippen molar-refractivity contribution in [3.63, 3.8) is 0 Å². The monoisotopic (exact) mass is 108 g/mol. The Balaban J connectivity index is 3.19. The summed E-state index contributed by atoms with van der Waals surface area (Å²) in [7, 11) is 1.87. The van der Waals surface area contributed by atoms with Gasteiger partial charge >= 0.3 is 0 Å². The molecule has 0 bridgehead atoms. The van der Waals surface area contributed by atoms with Gasteiger partial charge in [0, 0.05) is 19.7 Å². The third-order valence-corrected chi connectivity index (χ3v) is 1.18. The molecule has 8 heavy (non-hydrogen) atoms. The average Bonchev–Trinajstić information content (AvgIpc) is 1.98. The Morgan fingerprint density at radius 3 is 2.50 bits per heavy atom. The zero-order valence-electron chi connectivity index (χ0n) is 5.05. The number of hydrogen-bond donors (Lipinski definition) is 0. The summed E-state index contributed by atoms with van der Waals surface area (Å²) in [6, 6.07) is 0. The number of aromatic nitrogens is 2. The zero-order valence-corrected chi connectivity index (χ0v) is 5.05. The van der Waals surface area contributed by atoms with E-state index < -0.39 is 0 Å². The predicted octanol–water partition coefficient (Wildman–Crippen LogP) is 0.788. The minimum atomic E-state index is 0.741. The smallest absolute Gasteiger partial charge is 0.0948 e. The fourth-order valence-corrected chi connectivity index (χ4v) is 0.557. The first-order chi connectivity index (χ1) is 3.72. The van der Waals surface area contributed by atoms with E-state index in [1.165, 1.54) is 0 Å². The van der Waals surface area contributed by atoms with Gasteiger partial charge in [0.15, 0.2) is 0 Å². The van der Waals surface area contributed by atoms with Crippen molar-refractivity contribution in [2.45, 2.75) is 6.92 Å². The topological polar surface area (TPSA) is 17.8 Å². The van der Waals surface area contributed by atoms with Gasteiger partial charge in [-0.25, -0.2) is 4.98 Å².